The van der Waals surface area contributed by atoms with E-state index in [9.17, 15) is 9.59 Å². The molecule has 1 amide bonds. The Hall–Kier alpha value is -1.43. The lowest BCUT2D eigenvalue weighted by Crippen LogP contribution is -2.37. The molecule has 0 aliphatic carbocycles. The third-order valence-corrected chi connectivity index (χ3v) is 4.88. The summed E-state index contributed by atoms with van der Waals surface area (Å²) in [7, 11) is 1.39. The van der Waals surface area contributed by atoms with Crippen molar-refractivity contribution in [1.82, 2.24) is 9.88 Å². The highest BCUT2D eigenvalue weighted by molar-refractivity contribution is 7.13. The Morgan fingerprint density at radius 1 is 1.50 bits per heavy atom. The minimum Gasteiger partial charge on any atom is -0.465 e. The Morgan fingerprint density at radius 3 is 2.85 bits per heavy atom. The maximum Gasteiger partial charge on any atom is 0.349 e. The molecule has 2 rings (SSSR count). The first-order valence-electron chi connectivity index (χ1n) is 6.90. The van der Waals surface area contributed by atoms with Crippen LogP contribution in [0.1, 0.15) is 53.0 Å². The Kier molecular flexibility index (Phi) is 4.75. The summed E-state index contributed by atoms with van der Waals surface area (Å²) >= 11 is 1.41. The van der Waals surface area contributed by atoms with Crippen LogP contribution in [0.2, 0.25) is 0 Å². The van der Waals surface area contributed by atoms with E-state index < -0.39 is 0 Å². The summed E-state index contributed by atoms with van der Waals surface area (Å²) in [6.07, 6.45) is 2.71. The fraction of sp³-hybridized carbons (Fsp3) is 0.643. The molecule has 0 unspecified atom stereocenters. The lowest BCUT2D eigenvalue weighted by molar-refractivity contribution is -0.130. The van der Waals surface area contributed by atoms with Crippen LogP contribution in [-0.4, -0.2) is 42.0 Å². The van der Waals surface area contributed by atoms with Crippen molar-refractivity contribution in [2.75, 3.05) is 20.2 Å². The maximum absolute atomic E-state index is 11.7. The quantitative estimate of drug-likeness (QED) is 0.802. The number of aryl methyl sites for hydroxylation is 1. The Balaban J connectivity index is 2.22. The largest absolute Gasteiger partial charge is 0.465 e. The van der Waals surface area contributed by atoms with Gasteiger partial charge < -0.3 is 9.64 Å². The number of amides is 1. The van der Waals surface area contributed by atoms with Gasteiger partial charge in [0.1, 0.15) is 4.88 Å². The molecule has 0 aromatic carbocycles. The van der Waals surface area contributed by atoms with E-state index in [4.69, 9.17) is 4.74 Å². The number of carbonyl (C=O) groups is 2. The molecule has 0 spiro atoms. The van der Waals surface area contributed by atoms with Crippen molar-refractivity contribution in [3.8, 4) is 0 Å². The summed E-state index contributed by atoms with van der Waals surface area (Å²) in [5, 5.41) is 0.952. The Morgan fingerprint density at radius 2 is 2.25 bits per heavy atom. The van der Waals surface area contributed by atoms with E-state index in [-0.39, 0.29) is 17.8 Å². The molecule has 1 aliphatic heterocycles. The minimum atomic E-state index is -0.315. The van der Waals surface area contributed by atoms with E-state index in [0.29, 0.717) is 17.8 Å². The summed E-state index contributed by atoms with van der Waals surface area (Å²) in [6, 6.07) is 0. The van der Waals surface area contributed by atoms with Crippen molar-refractivity contribution in [3.05, 3.63) is 15.6 Å². The van der Waals surface area contributed by atoms with Gasteiger partial charge in [0.15, 0.2) is 0 Å². The van der Waals surface area contributed by atoms with Crippen LogP contribution in [-0.2, 0) is 16.0 Å². The highest BCUT2D eigenvalue weighted by Gasteiger charge is 2.27. The molecule has 1 aromatic heterocycles. The Labute approximate surface area is 122 Å². The molecular formula is C14H20N2O3S. The van der Waals surface area contributed by atoms with Crippen LogP contribution in [0.3, 0.4) is 0 Å². The van der Waals surface area contributed by atoms with Crippen molar-refractivity contribution < 1.29 is 14.3 Å². The molecule has 0 saturated carbocycles. The molecule has 110 valence electrons. The molecule has 1 aliphatic rings. The molecule has 1 fully saturated rings. The SMILES string of the molecule is CCc1nc([C@@H]2CCCN(C(C)=O)C2)sc1C(=O)OC. The van der Waals surface area contributed by atoms with Crippen LogP contribution in [0.4, 0.5) is 0 Å². The third-order valence-electron chi connectivity index (χ3n) is 3.64. The summed E-state index contributed by atoms with van der Waals surface area (Å²) in [5.41, 5.74) is 0.803. The van der Waals surface area contributed by atoms with Gasteiger partial charge in [-0.3, -0.25) is 4.79 Å². The van der Waals surface area contributed by atoms with Gasteiger partial charge in [-0.25, -0.2) is 9.78 Å². The zero-order valence-electron chi connectivity index (χ0n) is 12.1. The molecule has 2 heterocycles. The summed E-state index contributed by atoms with van der Waals surface area (Å²) in [5.74, 6) is 0.0290. The number of hydrogen-bond donors (Lipinski definition) is 0. The highest BCUT2D eigenvalue weighted by Crippen LogP contribution is 2.32. The lowest BCUT2D eigenvalue weighted by atomic mass is 9.99. The number of hydrogen-bond acceptors (Lipinski definition) is 5. The van der Waals surface area contributed by atoms with E-state index in [1.807, 2.05) is 11.8 Å². The molecule has 5 nitrogen and oxygen atoms in total. The monoisotopic (exact) mass is 296 g/mol. The Bertz CT molecular complexity index is 513. The van der Waals surface area contributed by atoms with Gasteiger partial charge in [-0.05, 0) is 19.3 Å². The average molecular weight is 296 g/mol. The van der Waals surface area contributed by atoms with E-state index in [2.05, 4.69) is 4.98 Å². The fourth-order valence-corrected chi connectivity index (χ4v) is 3.70. The van der Waals surface area contributed by atoms with Crippen molar-refractivity contribution in [1.29, 1.82) is 0 Å². The van der Waals surface area contributed by atoms with E-state index in [1.54, 1.807) is 6.92 Å². The first-order chi connectivity index (χ1) is 9.56. The molecule has 20 heavy (non-hydrogen) atoms. The second-order valence-corrected chi connectivity index (χ2v) is 6.01. The van der Waals surface area contributed by atoms with Gasteiger partial charge in [-0.15, -0.1) is 11.3 Å². The smallest absolute Gasteiger partial charge is 0.349 e. The second-order valence-electron chi connectivity index (χ2n) is 4.98. The summed E-state index contributed by atoms with van der Waals surface area (Å²) in [4.78, 5) is 30.3. The van der Waals surface area contributed by atoms with Gasteiger partial charge in [0.05, 0.1) is 17.8 Å². The first-order valence-corrected chi connectivity index (χ1v) is 7.71. The number of thiazole rings is 1. The molecular weight excluding hydrogens is 276 g/mol. The lowest BCUT2D eigenvalue weighted by Gasteiger charge is -2.30. The average Bonchev–Trinajstić information content (AvgIpc) is 2.90. The molecule has 1 saturated heterocycles. The van der Waals surface area contributed by atoms with Gasteiger partial charge in [-0.2, -0.15) is 0 Å². The number of carbonyl (C=O) groups excluding carboxylic acids is 2. The number of rotatable bonds is 3. The first kappa shape index (κ1) is 15.0. The van der Waals surface area contributed by atoms with E-state index in [0.717, 1.165) is 30.1 Å². The van der Waals surface area contributed by atoms with E-state index in [1.165, 1.54) is 18.4 Å². The van der Waals surface area contributed by atoms with E-state index >= 15 is 0 Å². The van der Waals surface area contributed by atoms with Gasteiger partial charge in [0, 0.05) is 25.9 Å². The molecule has 6 heteroatoms. The van der Waals surface area contributed by atoms with Gasteiger partial charge in [-0.1, -0.05) is 6.92 Å². The third kappa shape index (κ3) is 3.00. The van der Waals surface area contributed by atoms with Crippen LogP contribution in [0.5, 0.6) is 0 Å². The van der Waals surface area contributed by atoms with Crippen LogP contribution in [0.15, 0.2) is 0 Å². The van der Waals surface area contributed by atoms with Crippen LogP contribution >= 0.6 is 11.3 Å². The van der Waals surface area contributed by atoms with Crippen LogP contribution < -0.4 is 0 Å². The summed E-state index contributed by atoms with van der Waals surface area (Å²) in [6.45, 7) is 5.10. The van der Waals surface area contributed by atoms with Crippen molar-refractivity contribution in [3.63, 3.8) is 0 Å². The predicted octanol–water partition coefficient (Wildman–Crippen LogP) is 2.22. The number of esters is 1. The number of ether oxygens (including phenoxy) is 1. The minimum absolute atomic E-state index is 0.107. The molecule has 0 bridgehead atoms. The molecule has 1 atom stereocenters. The van der Waals surface area contributed by atoms with Gasteiger partial charge in [0.2, 0.25) is 5.91 Å². The number of piperidine rings is 1. The normalized spacial score (nSPS) is 18.9. The predicted molar refractivity (Wildman–Crippen MR) is 77.1 cm³/mol. The number of methoxy groups -OCH3 is 1. The topological polar surface area (TPSA) is 59.5 Å². The number of aromatic nitrogens is 1. The summed E-state index contributed by atoms with van der Waals surface area (Å²) < 4.78 is 4.81. The fourth-order valence-electron chi connectivity index (χ4n) is 2.50. The van der Waals surface area contributed by atoms with Gasteiger partial charge in [0.25, 0.3) is 0 Å². The van der Waals surface area contributed by atoms with Gasteiger partial charge >= 0.3 is 5.97 Å². The highest BCUT2D eigenvalue weighted by atomic mass is 32.1. The zero-order valence-corrected chi connectivity index (χ0v) is 13.0. The van der Waals surface area contributed by atoms with Crippen LogP contribution in [0.25, 0.3) is 0 Å². The number of likely N-dealkylation sites (tertiary alicyclic amines) is 1. The second kappa shape index (κ2) is 6.35. The molecule has 0 N–H and O–H groups in total. The number of nitrogens with zero attached hydrogens (tertiary/aromatic N) is 2. The van der Waals surface area contributed by atoms with Crippen LogP contribution in [0, 0.1) is 0 Å². The maximum atomic E-state index is 11.7. The van der Waals surface area contributed by atoms with Crippen molar-refractivity contribution in [2.24, 2.45) is 0 Å². The van der Waals surface area contributed by atoms with Crippen molar-refractivity contribution in [2.45, 2.75) is 39.0 Å². The standard InChI is InChI=1S/C14H20N2O3S/c1-4-11-12(14(18)19-3)20-13(15-11)10-6-5-7-16(8-10)9(2)17/h10H,4-8H2,1-3H3/t10-/m1/s1. The molecule has 1 aromatic rings. The van der Waals surface area contributed by atoms with Crippen molar-refractivity contribution >= 4 is 23.2 Å². The molecule has 0 radical (unpaired) electrons. The zero-order chi connectivity index (χ0) is 14.7.